The van der Waals surface area contributed by atoms with Gasteiger partial charge in [-0.05, 0) is 42.0 Å². The number of hydrogen-bond donors (Lipinski definition) is 2. The summed E-state index contributed by atoms with van der Waals surface area (Å²) in [6.45, 7) is 0.412. The summed E-state index contributed by atoms with van der Waals surface area (Å²) in [6.07, 6.45) is 1.68. The van der Waals surface area contributed by atoms with Crippen molar-refractivity contribution < 1.29 is 22.3 Å². The maximum atomic E-state index is 12.9. The van der Waals surface area contributed by atoms with Crippen LogP contribution in [0.2, 0.25) is 0 Å². The van der Waals surface area contributed by atoms with Gasteiger partial charge in [0.05, 0.1) is 11.4 Å². The van der Waals surface area contributed by atoms with Crippen LogP contribution in [-0.4, -0.2) is 31.7 Å². The van der Waals surface area contributed by atoms with E-state index >= 15 is 0 Å². The fourth-order valence-corrected chi connectivity index (χ4v) is 4.26. The van der Waals surface area contributed by atoms with Crippen molar-refractivity contribution in [2.45, 2.75) is 17.9 Å². The minimum Gasteiger partial charge on any atom is -0.439 e. The second-order valence-corrected chi connectivity index (χ2v) is 8.57. The smallest absolute Gasteiger partial charge is 0.263 e. The van der Waals surface area contributed by atoms with Crippen molar-refractivity contribution >= 4 is 21.8 Å². The molecule has 32 heavy (non-hydrogen) atoms. The number of nitrogens with one attached hydrogen (secondary N) is 2. The fraction of sp³-hybridized carbons (Fsp3) is 0.136. The van der Waals surface area contributed by atoms with Gasteiger partial charge in [-0.15, -0.1) is 0 Å². The van der Waals surface area contributed by atoms with Crippen LogP contribution in [0.1, 0.15) is 17.5 Å². The van der Waals surface area contributed by atoms with Crippen molar-refractivity contribution in [2.75, 3.05) is 6.54 Å². The highest BCUT2D eigenvalue weighted by Crippen LogP contribution is 2.22. The summed E-state index contributed by atoms with van der Waals surface area (Å²) < 4.78 is 45.0. The van der Waals surface area contributed by atoms with E-state index in [4.69, 9.17) is 4.74 Å². The van der Waals surface area contributed by atoms with Crippen molar-refractivity contribution in [2.24, 2.45) is 4.99 Å². The summed E-state index contributed by atoms with van der Waals surface area (Å²) in [5.41, 5.74) is 1.27. The van der Waals surface area contributed by atoms with Crippen molar-refractivity contribution in [3.63, 3.8) is 0 Å². The van der Waals surface area contributed by atoms with Gasteiger partial charge in [0.1, 0.15) is 17.4 Å². The third-order valence-electron chi connectivity index (χ3n) is 4.59. The van der Waals surface area contributed by atoms with Crippen LogP contribution < -0.4 is 14.8 Å². The lowest BCUT2D eigenvalue weighted by molar-refractivity contribution is -0.121. The zero-order valence-corrected chi connectivity index (χ0v) is 17.6. The monoisotopic (exact) mass is 454 g/mol. The van der Waals surface area contributed by atoms with Crippen LogP contribution in [0.5, 0.6) is 11.6 Å². The number of aromatic nitrogens is 1. The molecule has 0 unspecified atom stereocenters. The van der Waals surface area contributed by atoms with Crippen LogP contribution in [0.4, 0.5) is 4.39 Å². The molecule has 2 aromatic carbocycles. The molecule has 0 aliphatic carbocycles. The molecule has 2 N–H and O–H groups in total. The van der Waals surface area contributed by atoms with E-state index in [-0.39, 0.29) is 42.0 Å². The molecule has 4 rings (SSSR count). The van der Waals surface area contributed by atoms with Gasteiger partial charge in [0.25, 0.3) is 10.0 Å². The van der Waals surface area contributed by atoms with Crippen molar-refractivity contribution in [1.82, 2.24) is 15.0 Å². The lowest BCUT2D eigenvalue weighted by Gasteiger charge is -2.07. The Labute approximate surface area is 184 Å². The number of nitrogens with zero attached hydrogens (tertiary/aromatic N) is 2. The van der Waals surface area contributed by atoms with Crippen LogP contribution in [0, 0.1) is 5.82 Å². The van der Waals surface area contributed by atoms with Crippen molar-refractivity contribution in [3.8, 4) is 11.6 Å². The number of amides is 1. The van der Waals surface area contributed by atoms with Crippen LogP contribution in [-0.2, 0) is 21.4 Å². The first-order chi connectivity index (χ1) is 15.4. The predicted molar refractivity (Wildman–Crippen MR) is 115 cm³/mol. The van der Waals surface area contributed by atoms with Gasteiger partial charge >= 0.3 is 0 Å². The standard InChI is InChI=1S/C22H19FN4O4S/c23-16-6-8-17(9-7-16)31-21-10-5-15(14-26-21)13-25-20(28)11-12-24-22-18-3-1-2-4-19(18)32(29,30)27-22/h1-10,14H,11-13H2,(H,24,27)(H,25,28). The van der Waals surface area contributed by atoms with Crippen LogP contribution in [0.3, 0.4) is 0 Å². The number of benzene rings is 2. The number of rotatable bonds is 7. The molecular formula is C22H19FN4O4S. The zero-order valence-electron chi connectivity index (χ0n) is 16.8. The molecule has 2 heterocycles. The largest absolute Gasteiger partial charge is 0.439 e. The number of halogens is 1. The van der Waals surface area contributed by atoms with E-state index < -0.39 is 10.0 Å². The molecule has 10 heteroatoms. The van der Waals surface area contributed by atoms with Crippen LogP contribution in [0.25, 0.3) is 0 Å². The molecule has 0 bridgehead atoms. The van der Waals surface area contributed by atoms with E-state index in [9.17, 15) is 17.6 Å². The molecule has 1 aliphatic heterocycles. The molecule has 0 atom stereocenters. The molecule has 0 fully saturated rings. The predicted octanol–water partition coefficient (Wildman–Crippen LogP) is 2.76. The first kappa shape index (κ1) is 21.4. The van der Waals surface area contributed by atoms with Gasteiger partial charge in [0.2, 0.25) is 11.8 Å². The Morgan fingerprint density at radius 2 is 1.88 bits per heavy atom. The van der Waals surface area contributed by atoms with Gasteiger partial charge in [-0.2, -0.15) is 0 Å². The SMILES string of the molecule is O=C(CCN=C1NS(=O)(=O)c2ccccc21)NCc1ccc(Oc2ccc(F)cc2)nc1. The summed E-state index contributed by atoms with van der Waals surface area (Å²) >= 11 is 0. The molecular weight excluding hydrogens is 435 g/mol. The quantitative estimate of drug-likeness (QED) is 0.571. The Bertz CT molecular complexity index is 1260. The normalized spacial score (nSPS) is 15.1. The Hall–Kier alpha value is -3.79. The summed E-state index contributed by atoms with van der Waals surface area (Å²) in [6, 6.07) is 15.6. The fourth-order valence-electron chi connectivity index (χ4n) is 3.01. The second-order valence-electron chi connectivity index (χ2n) is 6.92. The topological polar surface area (TPSA) is 110 Å². The highest BCUT2D eigenvalue weighted by molar-refractivity contribution is 7.90. The molecule has 8 nitrogen and oxygen atoms in total. The zero-order chi connectivity index (χ0) is 22.6. The molecule has 3 aromatic rings. The van der Waals surface area contributed by atoms with Gasteiger partial charge in [0.15, 0.2) is 0 Å². The number of sulfonamides is 1. The number of pyridine rings is 1. The Balaban J connectivity index is 1.26. The van der Waals surface area contributed by atoms with Crippen LogP contribution >= 0.6 is 0 Å². The molecule has 164 valence electrons. The van der Waals surface area contributed by atoms with Gasteiger partial charge in [-0.25, -0.2) is 17.8 Å². The van der Waals surface area contributed by atoms with Crippen molar-refractivity contribution in [3.05, 3.63) is 83.8 Å². The van der Waals surface area contributed by atoms with E-state index in [1.54, 1.807) is 36.5 Å². The maximum Gasteiger partial charge on any atom is 0.263 e. The van der Waals surface area contributed by atoms with E-state index in [1.165, 1.54) is 30.3 Å². The van der Waals surface area contributed by atoms with Gasteiger partial charge < -0.3 is 10.1 Å². The summed E-state index contributed by atoms with van der Waals surface area (Å²) in [5, 5.41) is 2.77. The Morgan fingerprint density at radius 1 is 1.09 bits per heavy atom. The van der Waals surface area contributed by atoms with Crippen LogP contribution in [0.15, 0.2) is 76.7 Å². The Morgan fingerprint density at radius 3 is 2.62 bits per heavy atom. The highest BCUT2D eigenvalue weighted by Gasteiger charge is 2.29. The number of aliphatic imine (C=N–C) groups is 1. The lowest BCUT2D eigenvalue weighted by Crippen LogP contribution is -2.25. The number of amidine groups is 1. The number of fused-ring (bicyclic) bond motifs is 1. The third kappa shape index (κ3) is 5.09. The summed E-state index contributed by atoms with van der Waals surface area (Å²) in [7, 11) is -3.59. The lowest BCUT2D eigenvalue weighted by atomic mass is 10.2. The number of hydrogen-bond acceptors (Lipinski definition) is 6. The highest BCUT2D eigenvalue weighted by atomic mass is 32.2. The first-order valence-corrected chi connectivity index (χ1v) is 11.2. The Kier molecular flexibility index (Phi) is 6.13. The van der Waals surface area contributed by atoms with Gasteiger partial charge in [-0.1, -0.05) is 18.2 Å². The van der Waals surface area contributed by atoms with Crippen molar-refractivity contribution in [1.29, 1.82) is 0 Å². The van der Waals surface area contributed by atoms with E-state index in [0.29, 0.717) is 17.2 Å². The summed E-state index contributed by atoms with van der Waals surface area (Å²) in [4.78, 5) is 20.7. The minimum absolute atomic E-state index is 0.104. The third-order valence-corrected chi connectivity index (χ3v) is 5.99. The molecule has 1 amide bonds. The number of carbonyl (C=O) groups is 1. The average molecular weight is 454 g/mol. The molecule has 0 saturated heterocycles. The van der Waals surface area contributed by atoms with E-state index in [2.05, 4.69) is 20.0 Å². The minimum atomic E-state index is -3.59. The first-order valence-electron chi connectivity index (χ1n) is 9.72. The molecule has 0 spiro atoms. The van der Waals surface area contributed by atoms with E-state index in [0.717, 1.165) is 5.56 Å². The average Bonchev–Trinajstić information content (AvgIpc) is 3.05. The van der Waals surface area contributed by atoms with Gasteiger partial charge in [0, 0.05) is 30.8 Å². The molecule has 1 aromatic heterocycles. The maximum absolute atomic E-state index is 12.9. The molecule has 0 saturated carbocycles. The number of ether oxygens (including phenoxy) is 1. The van der Waals surface area contributed by atoms with Gasteiger partial charge in [-0.3, -0.25) is 14.5 Å². The molecule has 0 radical (unpaired) electrons. The molecule has 1 aliphatic rings. The number of carbonyl (C=O) groups excluding carboxylic acids is 1. The second kappa shape index (κ2) is 9.15. The summed E-state index contributed by atoms with van der Waals surface area (Å²) in [5.74, 6) is 0.483. The van der Waals surface area contributed by atoms with E-state index in [1.807, 2.05) is 0 Å².